The molecule has 1 saturated heterocycles. The Kier molecular flexibility index (Phi) is 6.38. The number of allylic oxidation sites excluding steroid dienone is 1. The number of amides is 2. The van der Waals surface area contributed by atoms with Crippen molar-refractivity contribution in [3.63, 3.8) is 0 Å². The summed E-state index contributed by atoms with van der Waals surface area (Å²) in [4.78, 5) is 20.6. The van der Waals surface area contributed by atoms with Crippen LogP contribution >= 0.6 is 11.8 Å². The molecule has 2 aliphatic rings. The van der Waals surface area contributed by atoms with Gasteiger partial charge >= 0.3 is 6.03 Å². The Hall–Kier alpha value is -3.17. The number of ether oxygens (including phenoxy) is 1. The van der Waals surface area contributed by atoms with Gasteiger partial charge in [0.05, 0.1) is 24.3 Å². The van der Waals surface area contributed by atoms with Crippen molar-refractivity contribution in [3.05, 3.63) is 71.5 Å². The fourth-order valence-corrected chi connectivity index (χ4v) is 4.77. The maximum Gasteiger partial charge on any atom is 0.322 e. The summed E-state index contributed by atoms with van der Waals surface area (Å²) in [5.74, 6) is 0.335. The molecule has 2 amide bonds. The Bertz CT molecular complexity index is 1200. The Balaban J connectivity index is 1.55. The number of nitrogens with one attached hydrogen (secondary N) is 1. The highest BCUT2D eigenvalue weighted by Crippen LogP contribution is 2.38. The summed E-state index contributed by atoms with van der Waals surface area (Å²) in [5.41, 5.74) is 3.04. The van der Waals surface area contributed by atoms with Gasteiger partial charge in [-0.05, 0) is 68.0 Å². The first-order valence-corrected chi connectivity index (χ1v) is 12.4. The SMILES string of the molecule is CSc1ccc(C2NC(=O)N(CC3CCCO3)C(C)=C2c2nc(-c3ccc(F)cc3)no2)cc1. The number of benzene rings is 2. The van der Waals surface area contributed by atoms with E-state index in [2.05, 4.69) is 15.5 Å². The van der Waals surface area contributed by atoms with Crippen LogP contribution in [0.4, 0.5) is 9.18 Å². The first-order valence-electron chi connectivity index (χ1n) is 11.2. The molecular formula is C25H25FN4O3S. The predicted molar refractivity (Wildman–Crippen MR) is 127 cm³/mol. The Morgan fingerprint density at radius 2 is 1.94 bits per heavy atom. The highest BCUT2D eigenvalue weighted by atomic mass is 32.2. The predicted octanol–water partition coefficient (Wildman–Crippen LogP) is 5.27. The average Bonchev–Trinajstić information content (AvgIpc) is 3.54. The summed E-state index contributed by atoms with van der Waals surface area (Å²) < 4.78 is 24.8. The molecule has 2 atom stereocenters. The smallest absolute Gasteiger partial charge is 0.322 e. The minimum Gasteiger partial charge on any atom is -0.376 e. The summed E-state index contributed by atoms with van der Waals surface area (Å²) in [6.07, 6.45) is 3.92. The summed E-state index contributed by atoms with van der Waals surface area (Å²) in [6, 6.07) is 13.3. The van der Waals surface area contributed by atoms with Crippen LogP contribution in [0.25, 0.3) is 17.0 Å². The lowest BCUT2D eigenvalue weighted by Crippen LogP contribution is -2.48. The Morgan fingerprint density at radius 1 is 1.18 bits per heavy atom. The number of halogens is 1. The molecule has 176 valence electrons. The van der Waals surface area contributed by atoms with E-state index in [4.69, 9.17) is 9.26 Å². The Labute approximate surface area is 201 Å². The number of thioether (sulfide) groups is 1. The maximum atomic E-state index is 13.4. The van der Waals surface area contributed by atoms with Crippen LogP contribution in [-0.2, 0) is 4.74 Å². The van der Waals surface area contributed by atoms with E-state index >= 15 is 0 Å². The van der Waals surface area contributed by atoms with Gasteiger partial charge in [0, 0.05) is 22.8 Å². The molecule has 1 fully saturated rings. The van der Waals surface area contributed by atoms with Gasteiger partial charge in [-0.15, -0.1) is 11.8 Å². The summed E-state index contributed by atoms with van der Waals surface area (Å²) in [7, 11) is 0. The van der Waals surface area contributed by atoms with Gasteiger partial charge in [-0.3, -0.25) is 4.90 Å². The highest BCUT2D eigenvalue weighted by molar-refractivity contribution is 7.98. The lowest BCUT2D eigenvalue weighted by atomic mass is 9.94. The van der Waals surface area contributed by atoms with Crippen LogP contribution < -0.4 is 5.32 Å². The number of hydrogen-bond acceptors (Lipinski definition) is 6. The maximum absolute atomic E-state index is 13.4. The van der Waals surface area contributed by atoms with Crippen LogP contribution in [0.1, 0.15) is 37.3 Å². The normalized spacial score (nSPS) is 20.7. The molecule has 0 saturated carbocycles. The molecule has 3 heterocycles. The van der Waals surface area contributed by atoms with Gasteiger partial charge in [0.15, 0.2) is 0 Å². The second-order valence-electron chi connectivity index (χ2n) is 8.33. The van der Waals surface area contributed by atoms with E-state index in [1.807, 2.05) is 37.4 Å². The molecule has 3 aromatic rings. The third-order valence-electron chi connectivity index (χ3n) is 6.21. The topological polar surface area (TPSA) is 80.5 Å². The second-order valence-corrected chi connectivity index (χ2v) is 9.21. The summed E-state index contributed by atoms with van der Waals surface area (Å²) >= 11 is 1.65. The third kappa shape index (κ3) is 4.45. The lowest BCUT2D eigenvalue weighted by Gasteiger charge is -2.36. The van der Waals surface area contributed by atoms with E-state index in [0.717, 1.165) is 34.6 Å². The number of carbonyl (C=O) groups excluding carboxylic acids is 1. The fourth-order valence-electron chi connectivity index (χ4n) is 4.37. The van der Waals surface area contributed by atoms with E-state index in [1.54, 1.807) is 28.8 Å². The highest BCUT2D eigenvalue weighted by Gasteiger charge is 2.37. The molecule has 1 N–H and O–H groups in total. The van der Waals surface area contributed by atoms with Crippen LogP contribution in [0.2, 0.25) is 0 Å². The van der Waals surface area contributed by atoms with Crippen molar-refractivity contribution in [1.82, 2.24) is 20.4 Å². The van der Waals surface area contributed by atoms with Crippen molar-refractivity contribution in [2.45, 2.75) is 36.8 Å². The van der Waals surface area contributed by atoms with Crippen LogP contribution in [0, 0.1) is 5.82 Å². The molecule has 0 aliphatic carbocycles. The number of carbonyl (C=O) groups is 1. The van der Waals surface area contributed by atoms with Crippen molar-refractivity contribution in [3.8, 4) is 11.4 Å². The van der Waals surface area contributed by atoms with Gasteiger partial charge in [-0.1, -0.05) is 17.3 Å². The summed E-state index contributed by atoms with van der Waals surface area (Å²) in [5, 5.41) is 7.25. The summed E-state index contributed by atoms with van der Waals surface area (Å²) in [6.45, 7) is 3.07. The first-order chi connectivity index (χ1) is 16.5. The van der Waals surface area contributed by atoms with Crippen molar-refractivity contribution < 1.29 is 18.4 Å². The zero-order valence-electron chi connectivity index (χ0n) is 19.0. The largest absolute Gasteiger partial charge is 0.376 e. The molecule has 0 bridgehead atoms. The minimum absolute atomic E-state index is 0.00294. The first kappa shape index (κ1) is 22.6. The average molecular weight is 481 g/mol. The number of urea groups is 1. The van der Waals surface area contributed by atoms with E-state index in [0.29, 0.717) is 30.4 Å². The van der Waals surface area contributed by atoms with Gasteiger partial charge in [-0.25, -0.2) is 9.18 Å². The zero-order chi connectivity index (χ0) is 23.7. The molecule has 0 radical (unpaired) electrons. The van der Waals surface area contributed by atoms with Gasteiger partial charge in [0.25, 0.3) is 5.89 Å². The molecular weight excluding hydrogens is 455 g/mol. The minimum atomic E-state index is -0.453. The van der Waals surface area contributed by atoms with Crippen molar-refractivity contribution in [1.29, 1.82) is 0 Å². The van der Waals surface area contributed by atoms with Crippen LogP contribution in [0.5, 0.6) is 0 Å². The quantitative estimate of drug-likeness (QED) is 0.484. The molecule has 1 aromatic heterocycles. The van der Waals surface area contributed by atoms with Crippen LogP contribution in [-0.4, -0.2) is 46.6 Å². The van der Waals surface area contributed by atoms with Crippen LogP contribution in [0.15, 0.2) is 63.6 Å². The molecule has 2 aromatic carbocycles. The Morgan fingerprint density at radius 3 is 2.62 bits per heavy atom. The van der Waals surface area contributed by atoms with E-state index in [-0.39, 0.29) is 18.0 Å². The fraction of sp³-hybridized carbons (Fsp3) is 0.320. The molecule has 2 aliphatic heterocycles. The number of rotatable bonds is 6. The molecule has 7 nitrogen and oxygen atoms in total. The van der Waals surface area contributed by atoms with E-state index in [9.17, 15) is 9.18 Å². The second kappa shape index (κ2) is 9.60. The monoisotopic (exact) mass is 480 g/mol. The number of hydrogen-bond donors (Lipinski definition) is 1. The number of nitrogens with zero attached hydrogens (tertiary/aromatic N) is 3. The van der Waals surface area contributed by atoms with Gasteiger partial charge in [0.2, 0.25) is 5.82 Å². The van der Waals surface area contributed by atoms with E-state index < -0.39 is 6.04 Å². The van der Waals surface area contributed by atoms with Crippen LogP contribution in [0.3, 0.4) is 0 Å². The molecule has 0 spiro atoms. The molecule has 34 heavy (non-hydrogen) atoms. The molecule has 5 rings (SSSR count). The van der Waals surface area contributed by atoms with E-state index in [1.165, 1.54) is 12.1 Å². The van der Waals surface area contributed by atoms with Gasteiger partial charge in [0.1, 0.15) is 5.82 Å². The van der Waals surface area contributed by atoms with Crippen molar-refractivity contribution >= 4 is 23.4 Å². The lowest BCUT2D eigenvalue weighted by molar-refractivity contribution is 0.0877. The third-order valence-corrected chi connectivity index (χ3v) is 6.96. The van der Waals surface area contributed by atoms with Gasteiger partial charge < -0.3 is 14.6 Å². The van der Waals surface area contributed by atoms with Crippen molar-refractivity contribution in [2.24, 2.45) is 0 Å². The zero-order valence-corrected chi connectivity index (χ0v) is 19.8. The standard InChI is InChI=1S/C25H25FN4O3S/c1-15-21(24-28-23(29-33-24)17-5-9-18(26)10-6-17)22(16-7-11-20(34-2)12-8-16)27-25(31)30(15)14-19-4-3-13-32-19/h5-12,19,22H,3-4,13-14H2,1-2H3,(H,27,31). The van der Waals surface area contributed by atoms with Gasteiger partial charge in [-0.2, -0.15) is 4.98 Å². The van der Waals surface area contributed by atoms with Crippen molar-refractivity contribution in [2.75, 3.05) is 19.4 Å². The number of aromatic nitrogens is 2. The molecule has 9 heteroatoms. The molecule has 2 unspecified atom stereocenters.